The molecule has 0 bridgehead atoms. The Labute approximate surface area is 162 Å². The first kappa shape index (κ1) is 21.7. The molecule has 6 nitrogen and oxygen atoms in total. The molecule has 0 spiro atoms. The summed E-state index contributed by atoms with van der Waals surface area (Å²) in [6, 6.07) is 2.04. The van der Waals surface area contributed by atoms with Crippen LogP contribution in [-0.2, 0) is 15.7 Å². The minimum atomic E-state index is -4.75. The van der Waals surface area contributed by atoms with Gasteiger partial charge in [-0.2, -0.15) is 23.0 Å². The molecule has 1 aromatic heterocycles. The number of ether oxygens (including phenoxy) is 1. The third-order valence-electron chi connectivity index (χ3n) is 3.76. The highest BCUT2D eigenvalue weighted by Gasteiger charge is 2.34. The normalized spacial score (nSPS) is 11.4. The number of hydrogen-bond acceptors (Lipinski definition) is 5. The van der Waals surface area contributed by atoms with Crippen molar-refractivity contribution in [1.29, 1.82) is 0 Å². The molecule has 0 fully saturated rings. The number of alkyl halides is 3. The molecule has 2 rings (SSSR count). The number of esters is 1. The molecule has 0 atom stereocenters. The van der Waals surface area contributed by atoms with Crippen LogP contribution in [0.25, 0.3) is 5.69 Å². The molecule has 28 heavy (non-hydrogen) atoms. The van der Waals surface area contributed by atoms with Gasteiger partial charge in [-0.25, -0.2) is 4.39 Å². The van der Waals surface area contributed by atoms with E-state index in [-0.39, 0.29) is 36.0 Å². The van der Waals surface area contributed by atoms with Gasteiger partial charge in [-0.3, -0.25) is 9.59 Å². The molecule has 152 valence electrons. The molecule has 2 aromatic rings. The number of anilines is 1. The van der Waals surface area contributed by atoms with Crippen LogP contribution in [0.4, 0.5) is 23.2 Å². The van der Waals surface area contributed by atoms with Crippen LogP contribution in [0, 0.1) is 12.7 Å². The van der Waals surface area contributed by atoms with E-state index in [0.717, 1.165) is 19.1 Å². The first-order valence-corrected chi connectivity index (χ1v) is 8.49. The van der Waals surface area contributed by atoms with Crippen molar-refractivity contribution in [2.24, 2.45) is 0 Å². The Hall–Kier alpha value is -2.62. The molecule has 1 heterocycles. The third-order valence-corrected chi connectivity index (χ3v) is 4.07. The molecule has 0 saturated heterocycles. The smallest absolute Gasteiger partial charge is 0.418 e. The molecule has 1 N–H and O–H groups in total. The van der Waals surface area contributed by atoms with Crippen molar-refractivity contribution >= 4 is 23.3 Å². The number of nitrogens with one attached hydrogen (secondary N) is 1. The van der Waals surface area contributed by atoms with Crippen LogP contribution in [0.1, 0.15) is 24.5 Å². The average molecular weight is 422 g/mol. The van der Waals surface area contributed by atoms with Crippen molar-refractivity contribution in [3.8, 4) is 5.69 Å². The minimum absolute atomic E-state index is 0.0211. The number of hydrogen-bond donors (Lipinski definition) is 1. The number of aromatic nitrogens is 2. The SMILES string of the molecule is CCC(=O)OCCNc1cc(-n2ncc(C(F)(F)F)c(C)c2=O)c(F)cc1Cl. The van der Waals surface area contributed by atoms with Crippen LogP contribution in [-0.4, -0.2) is 28.9 Å². The van der Waals surface area contributed by atoms with Gasteiger partial charge in [-0.1, -0.05) is 18.5 Å². The topological polar surface area (TPSA) is 73.2 Å². The van der Waals surface area contributed by atoms with E-state index in [1.165, 1.54) is 0 Å². The van der Waals surface area contributed by atoms with Crippen molar-refractivity contribution in [2.75, 3.05) is 18.5 Å². The molecule has 0 aliphatic heterocycles. The Morgan fingerprint density at radius 1 is 1.36 bits per heavy atom. The van der Waals surface area contributed by atoms with E-state index >= 15 is 0 Å². The highest BCUT2D eigenvalue weighted by atomic mass is 35.5. The monoisotopic (exact) mass is 421 g/mol. The number of nitrogens with zero attached hydrogens (tertiary/aromatic N) is 2. The maximum atomic E-state index is 14.3. The number of rotatable bonds is 6. The van der Waals surface area contributed by atoms with Crippen molar-refractivity contribution in [1.82, 2.24) is 9.78 Å². The molecular weight excluding hydrogens is 406 g/mol. The fourth-order valence-electron chi connectivity index (χ4n) is 2.28. The zero-order valence-electron chi connectivity index (χ0n) is 14.9. The number of halogens is 5. The Morgan fingerprint density at radius 3 is 2.64 bits per heavy atom. The highest BCUT2D eigenvalue weighted by molar-refractivity contribution is 6.33. The summed E-state index contributed by atoms with van der Waals surface area (Å²) in [5.41, 5.74) is -3.10. The number of benzene rings is 1. The van der Waals surface area contributed by atoms with Gasteiger partial charge in [0.05, 0.1) is 22.5 Å². The second-order valence-corrected chi connectivity index (χ2v) is 6.09. The van der Waals surface area contributed by atoms with Gasteiger partial charge >= 0.3 is 12.1 Å². The van der Waals surface area contributed by atoms with E-state index in [0.29, 0.717) is 10.9 Å². The molecule has 0 saturated carbocycles. The van der Waals surface area contributed by atoms with E-state index in [2.05, 4.69) is 10.4 Å². The highest BCUT2D eigenvalue weighted by Crippen LogP contribution is 2.31. The minimum Gasteiger partial charge on any atom is -0.464 e. The van der Waals surface area contributed by atoms with Crippen molar-refractivity contribution in [3.63, 3.8) is 0 Å². The van der Waals surface area contributed by atoms with Crippen molar-refractivity contribution in [2.45, 2.75) is 26.4 Å². The van der Waals surface area contributed by atoms with Gasteiger partial charge in [0.25, 0.3) is 5.56 Å². The van der Waals surface area contributed by atoms with Crippen LogP contribution >= 0.6 is 11.6 Å². The lowest BCUT2D eigenvalue weighted by Gasteiger charge is -2.14. The molecule has 0 aliphatic rings. The molecule has 0 amide bonds. The first-order valence-electron chi connectivity index (χ1n) is 8.11. The predicted octanol–water partition coefficient (Wildman–Crippen LogP) is 3.72. The largest absolute Gasteiger partial charge is 0.464 e. The van der Waals surface area contributed by atoms with E-state index in [1.807, 2.05) is 0 Å². The van der Waals surface area contributed by atoms with E-state index in [4.69, 9.17) is 16.3 Å². The van der Waals surface area contributed by atoms with Crippen LogP contribution in [0.3, 0.4) is 0 Å². The van der Waals surface area contributed by atoms with Crippen LogP contribution < -0.4 is 10.9 Å². The third kappa shape index (κ3) is 4.80. The van der Waals surface area contributed by atoms with Crippen molar-refractivity contribution < 1.29 is 27.1 Å². The number of carbonyl (C=O) groups is 1. The van der Waals surface area contributed by atoms with Gasteiger partial charge in [-0.15, -0.1) is 0 Å². The zero-order chi connectivity index (χ0) is 21.1. The summed E-state index contributed by atoms with van der Waals surface area (Å²) >= 11 is 5.95. The molecule has 0 unspecified atom stereocenters. The lowest BCUT2D eigenvalue weighted by molar-refractivity contribution is -0.143. The summed E-state index contributed by atoms with van der Waals surface area (Å²) in [6.45, 7) is 2.78. The van der Waals surface area contributed by atoms with Crippen LogP contribution in [0.2, 0.25) is 5.02 Å². The van der Waals surface area contributed by atoms with Gasteiger partial charge in [-0.05, 0) is 19.1 Å². The first-order chi connectivity index (χ1) is 13.1. The lowest BCUT2D eigenvalue weighted by Crippen LogP contribution is -2.28. The maximum Gasteiger partial charge on any atom is 0.418 e. The molecule has 1 aromatic carbocycles. The Balaban J connectivity index is 2.35. The lowest BCUT2D eigenvalue weighted by atomic mass is 10.2. The quantitative estimate of drug-likeness (QED) is 0.437. The average Bonchev–Trinajstić information content (AvgIpc) is 2.61. The fourth-order valence-corrected chi connectivity index (χ4v) is 2.50. The summed E-state index contributed by atoms with van der Waals surface area (Å²) in [5, 5.41) is 6.21. The molecule has 0 aliphatic carbocycles. The Kier molecular flexibility index (Phi) is 6.65. The molecular formula is C17H16ClF4N3O3. The van der Waals surface area contributed by atoms with Gasteiger partial charge < -0.3 is 10.1 Å². The summed E-state index contributed by atoms with van der Waals surface area (Å²) in [4.78, 5) is 23.4. The summed E-state index contributed by atoms with van der Waals surface area (Å²) in [5.74, 6) is -1.34. The zero-order valence-corrected chi connectivity index (χ0v) is 15.6. The molecule has 0 radical (unpaired) electrons. The van der Waals surface area contributed by atoms with E-state index < -0.39 is 34.6 Å². The predicted molar refractivity (Wildman–Crippen MR) is 94.3 cm³/mol. The van der Waals surface area contributed by atoms with Gasteiger partial charge in [0.2, 0.25) is 0 Å². The Bertz CT molecular complexity index is 944. The van der Waals surface area contributed by atoms with Crippen LogP contribution in [0.15, 0.2) is 23.1 Å². The second-order valence-electron chi connectivity index (χ2n) is 5.68. The summed E-state index contributed by atoms with van der Waals surface area (Å²) in [7, 11) is 0. The second kappa shape index (κ2) is 8.59. The molecule has 11 heteroatoms. The summed E-state index contributed by atoms with van der Waals surface area (Å²) in [6.07, 6.45) is -4.08. The standard InChI is InChI=1S/C17H16ClF4N3O3/c1-3-15(26)28-5-4-23-13-7-14(12(19)6-11(13)18)25-16(27)9(2)10(8-24-25)17(20,21)22/h6-8,23H,3-5H2,1-2H3. The van der Waals surface area contributed by atoms with Crippen LogP contribution in [0.5, 0.6) is 0 Å². The van der Waals surface area contributed by atoms with E-state index in [9.17, 15) is 27.2 Å². The Morgan fingerprint density at radius 2 is 2.04 bits per heavy atom. The maximum absolute atomic E-state index is 14.3. The number of carbonyl (C=O) groups excluding carboxylic acids is 1. The fraction of sp³-hybridized carbons (Fsp3) is 0.353. The van der Waals surface area contributed by atoms with E-state index in [1.54, 1.807) is 6.92 Å². The van der Waals surface area contributed by atoms with Crippen molar-refractivity contribution in [3.05, 3.63) is 50.7 Å². The summed E-state index contributed by atoms with van der Waals surface area (Å²) < 4.78 is 58.4. The van der Waals surface area contributed by atoms with Gasteiger partial charge in [0.1, 0.15) is 12.3 Å². The van der Waals surface area contributed by atoms with Gasteiger partial charge in [0, 0.05) is 18.5 Å². The van der Waals surface area contributed by atoms with Gasteiger partial charge in [0.15, 0.2) is 5.82 Å².